The van der Waals surface area contributed by atoms with Gasteiger partial charge in [0.15, 0.2) is 5.82 Å². The summed E-state index contributed by atoms with van der Waals surface area (Å²) >= 11 is 0. The van der Waals surface area contributed by atoms with E-state index in [1.165, 1.54) is 19.2 Å². The first kappa shape index (κ1) is 19.2. The van der Waals surface area contributed by atoms with E-state index in [1.54, 1.807) is 10.6 Å². The summed E-state index contributed by atoms with van der Waals surface area (Å²) in [6, 6.07) is 3.88. The smallest absolute Gasteiger partial charge is 0.280 e. The number of pyridine rings is 1. The fourth-order valence-corrected chi connectivity index (χ4v) is 3.26. The average Bonchev–Trinajstić information content (AvgIpc) is 3.18. The number of hydrogen-bond acceptors (Lipinski definition) is 6. The molecule has 1 amide bonds. The van der Waals surface area contributed by atoms with Crippen molar-refractivity contribution in [1.29, 1.82) is 0 Å². The molecule has 1 N–H and O–H groups in total. The lowest BCUT2D eigenvalue weighted by Crippen LogP contribution is -2.16. The van der Waals surface area contributed by atoms with Gasteiger partial charge in [0.25, 0.3) is 18.2 Å². The molecule has 4 heterocycles. The lowest BCUT2D eigenvalue weighted by molar-refractivity contribution is 0.0846. The van der Waals surface area contributed by atoms with Crippen LogP contribution in [0.1, 0.15) is 47.1 Å². The Morgan fingerprint density at radius 3 is 2.76 bits per heavy atom. The van der Waals surface area contributed by atoms with Crippen LogP contribution >= 0.6 is 0 Å². The SMILES string of the molecule is COc1nc(NC(=O)c2cccc(C(F)F)n2)cn2cc(C3CCOCC3)nc12. The van der Waals surface area contributed by atoms with E-state index in [0.717, 1.165) is 24.6 Å². The number of nitrogens with one attached hydrogen (secondary N) is 1. The van der Waals surface area contributed by atoms with Crippen LogP contribution in [0.2, 0.25) is 0 Å². The molecule has 152 valence electrons. The first-order valence-corrected chi connectivity index (χ1v) is 9.13. The standard InChI is InChI=1S/C19H19F2N5O3/c1-28-19-17-23-14(11-5-7-29-8-6-11)9-26(17)10-15(25-19)24-18(27)13-4-2-3-12(22-13)16(20)21/h2-4,9-11,16H,5-8H2,1H3,(H,24,27). The molecule has 8 nitrogen and oxygen atoms in total. The third-order valence-corrected chi connectivity index (χ3v) is 4.73. The number of alkyl halides is 2. The molecule has 0 radical (unpaired) electrons. The van der Waals surface area contributed by atoms with Gasteiger partial charge < -0.3 is 14.8 Å². The van der Waals surface area contributed by atoms with Crippen LogP contribution in [-0.2, 0) is 4.74 Å². The highest BCUT2D eigenvalue weighted by atomic mass is 19.3. The van der Waals surface area contributed by atoms with Crippen molar-refractivity contribution in [3.05, 3.63) is 47.7 Å². The van der Waals surface area contributed by atoms with E-state index < -0.39 is 18.0 Å². The molecule has 1 fully saturated rings. The van der Waals surface area contributed by atoms with Gasteiger partial charge in [-0.25, -0.2) is 18.7 Å². The molecule has 1 saturated heterocycles. The normalized spacial score (nSPS) is 15.0. The Kier molecular flexibility index (Phi) is 5.34. The fourth-order valence-electron chi connectivity index (χ4n) is 3.26. The van der Waals surface area contributed by atoms with Crippen molar-refractivity contribution in [3.8, 4) is 5.88 Å². The quantitative estimate of drug-likeness (QED) is 0.704. The third kappa shape index (κ3) is 4.02. The Hall–Kier alpha value is -3.14. The van der Waals surface area contributed by atoms with E-state index in [4.69, 9.17) is 9.47 Å². The van der Waals surface area contributed by atoms with Crippen LogP contribution < -0.4 is 10.1 Å². The largest absolute Gasteiger partial charge is 0.478 e. The molecule has 0 bridgehead atoms. The minimum absolute atomic E-state index is 0.128. The number of nitrogens with zero attached hydrogens (tertiary/aromatic N) is 4. The summed E-state index contributed by atoms with van der Waals surface area (Å²) in [5, 5.41) is 2.57. The summed E-state index contributed by atoms with van der Waals surface area (Å²) in [6.45, 7) is 1.39. The van der Waals surface area contributed by atoms with E-state index in [9.17, 15) is 13.6 Å². The van der Waals surface area contributed by atoms with Gasteiger partial charge in [-0.3, -0.25) is 9.20 Å². The van der Waals surface area contributed by atoms with Gasteiger partial charge >= 0.3 is 0 Å². The van der Waals surface area contributed by atoms with E-state index in [-0.39, 0.29) is 23.3 Å². The highest BCUT2D eigenvalue weighted by Gasteiger charge is 2.21. The molecule has 0 unspecified atom stereocenters. The number of amides is 1. The number of imidazole rings is 1. The van der Waals surface area contributed by atoms with Gasteiger partial charge in [-0.2, -0.15) is 4.98 Å². The summed E-state index contributed by atoms with van der Waals surface area (Å²) in [7, 11) is 1.46. The zero-order valence-corrected chi connectivity index (χ0v) is 15.6. The second-order valence-electron chi connectivity index (χ2n) is 6.62. The van der Waals surface area contributed by atoms with Crippen molar-refractivity contribution in [1.82, 2.24) is 19.4 Å². The Bertz CT molecular complexity index is 1030. The number of halogens is 2. The maximum absolute atomic E-state index is 12.8. The zero-order chi connectivity index (χ0) is 20.4. The van der Waals surface area contributed by atoms with Crippen LogP contribution in [0, 0.1) is 0 Å². The van der Waals surface area contributed by atoms with E-state index in [2.05, 4.69) is 20.3 Å². The molecular formula is C19H19F2N5O3. The number of methoxy groups -OCH3 is 1. The van der Waals surface area contributed by atoms with Gasteiger partial charge in [0, 0.05) is 25.3 Å². The molecule has 29 heavy (non-hydrogen) atoms. The highest BCUT2D eigenvalue weighted by Crippen LogP contribution is 2.29. The second kappa shape index (κ2) is 8.08. The van der Waals surface area contributed by atoms with Gasteiger partial charge in [-0.1, -0.05) is 6.07 Å². The summed E-state index contributed by atoms with van der Waals surface area (Å²) in [5.74, 6) is 0.0776. The summed E-state index contributed by atoms with van der Waals surface area (Å²) in [5.41, 5.74) is 0.847. The monoisotopic (exact) mass is 403 g/mol. The summed E-state index contributed by atoms with van der Waals surface area (Å²) < 4.78 is 38.1. The van der Waals surface area contributed by atoms with Gasteiger partial charge in [-0.15, -0.1) is 0 Å². The second-order valence-corrected chi connectivity index (χ2v) is 6.62. The third-order valence-electron chi connectivity index (χ3n) is 4.73. The number of anilines is 1. The number of carbonyl (C=O) groups is 1. The molecule has 3 aromatic rings. The minimum Gasteiger partial charge on any atom is -0.478 e. The van der Waals surface area contributed by atoms with Crippen molar-refractivity contribution >= 4 is 17.4 Å². The number of ether oxygens (including phenoxy) is 2. The molecule has 0 aliphatic carbocycles. The van der Waals surface area contributed by atoms with Crippen LogP contribution in [0.5, 0.6) is 5.88 Å². The van der Waals surface area contributed by atoms with E-state index in [0.29, 0.717) is 18.9 Å². The Morgan fingerprint density at radius 1 is 1.24 bits per heavy atom. The first-order chi connectivity index (χ1) is 14.0. The number of aromatic nitrogens is 4. The molecule has 0 aromatic carbocycles. The fraction of sp³-hybridized carbons (Fsp3) is 0.368. The van der Waals surface area contributed by atoms with Crippen molar-refractivity contribution in [3.63, 3.8) is 0 Å². The van der Waals surface area contributed by atoms with Gasteiger partial charge in [0.05, 0.1) is 19.0 Å². The Balaban J connectivity index is 1.62. The molecule has 1 aliphatic heterocycles. The number of rotatable bonds is 5. The molecule has 0 atom stereocenters. The molecule has 1 aliphatic rings. The Labute approximate surface area is 164 Å². The van der Waals surface area contributed by atoms with Crippen LogP contribution in [-0.4, -0.2) is 45.6 Å². The van der Waals surface area contributed by atoms with Gasteiger partial charge in [-0.05, 0) is 25.0 Å². The molecule has 3 aromatic heterocycles. The molecular weight excluding hydrogens is 384 g/mol. The van der Waals surface area contributed by atoms with Crippen molar-refractivity contribution in [2.24, 2.45) is 0 Å². The highest BCUT2D eigenvalue weighted by molar-refractivity contribution is 6.02. The van der Waals surface area contributed by atoms with Crippen LogP contribution in [0.3, 0.4) is 0 Å². The topological polar surface area (TPSA) is 90.6 Å². The Morgan fingerprint density at radius 2 is 2.03 bits per heavy atom. The maximum atomic E-state index is 12.8. The van der Waals surface area contributed by atoms with Gasteiger partial charge in [0.2, 0.25) is 5.65 Å². The van der Waals surface area contributed by atoms with Crippen molar-refractivity contribution in [2.45, 2.75) is 25.2 Å². The lowest BCUT2D eigenvalue weighted by Gasteiger charge is -2.19. The van der Waals surface area contributed by atoms with Gasteiger partial charge in [0.1, 0.15) is 11.4 Å². The van der Waals surface area contributed by atoms with Crippen LogP contribution in [0.25, 0.3) is 5.65 Å². The molecule has 0 spiro atoms. The first-order valence-electron chi connectivity index (χ1n) is 9.13. The van der Waals surface area contributed by atoms with Crippen LogP contribution in [0.4, 0.5) is 14.6 Å². The van der Waals surface area contributed by atoms with E-state index >= 15 is 0 Å². The molecule has 10 heteroatoms. The number of fused-ring (bicyclic) bond motifs is 1. The lowest BCUT2D eigenvalue weighted by atomic mass is 9.97. The predicted molar refractivity (Wildman–Crippen MR) is 99.5 cm³/mol. The average molecular weight is 403 g/mol. The van der Waals surface area contributed by atoms with Crippen molar-refractivity contribution < 1.29 is 23.0 Å². The minimum atomic E-state index is -2.76. The van der Waals surface area contributed by atoms with Crippen molar-refractivity contribution in [2.75, 3.05) is 25.6 Å². The predicted octanol–water partition coefficient (Wildman–Crippen LogP) is 3.22. The summed E-state index contributed by atoms with van der Waals surface area (Å²) in [6.07, 6.45) is 2.49. The number of hydrogen-bond donors (Lipinski definition) is 1. The van der Waals surface area contributed by atoms with Crippen LogP contribution in [0.15, 0.2) is 30.6 Å². The summed E-state index contributed by atoms with van der Waals surface area (Å²) in [4.78, 5) is 25.0. The van der Waals surface area contributed by atoms with E-state index in [1.807, 2.05) is 6.20 Å². The number of carbonyl (C=O) groups excluding carboxylic acids is 1. The maximum Gasteiger partial charge on any atom is 0.280 e. The zero-order valence-electron chi connectivity index (χ0n) is 15.6. The molecule has 0 saturated carbocycles. The molecule has 4 rings (SSSR count).